The Morgan fingerprint density at radius 1 is 1.29 bits per heavy atom. The highest BCUT2D eigenvalue weighted by molar-refractivity contribution is 5.57. The van der Waals surface area contributed by atoms with Crippen molar-refractivity contribution in [2.24, 2.45) is 0 Å². The zero-order valence-electron chi connectivity index (χ0n) is 12.7. The van der Waals surface area contributed by atoms with Gasteiger partial charge in [0, 0.05) is 24.3 Å². The van der Waals surface area contributed by atoms with Crippen LogP contribution in [0.25, 0.3) is 0 Å². The quantitative estimate of drug-likeness (QED) is 0.819. The topological polar surface area (TPSA) is 35.5 Å². The molecule has 1 aromatic carbocycles. The van der Waals surface area contributed by atoms with Gasteiger partial charge in [-0.2, -0.15) is 0 Å². The van der Waals surface area contributed by atoms with Crippen molar-refractivity contribution in [3.63, 3.8) is 0 Å². The number of aliphatic hydroxyl groups excluding tert-OH is 1. The largest absolute Gasteiger partial charge is 0.393 e. The second kappa shape index (κ2) is 6.32. The van der Waals surface area contributed by atoms with Gasteiger partial charge in [0.15, 0.2) is 0 Å². The van der Waals surface area contributed by atoms with Crippen molar-refractivity contribution in [2.75, 3.05) is 11.4 Å². The molecule has 1 aromatic rings. The summed E-state index contributed by atoms with van der Waals surface area (Å²) in [5.41, 5.74) is 2.19. The molecule has 2 aliphatic rings. The summed E-state index contributed by atoms with van der Waals surface area (Å²) in [4.78, 5) is 2.44. The molecule has 2 unspecified atom stereocenters. The van der Waals surface area contributed by atoms with E-state index in [1.54, 1.807) is 12.1 Å². The SMILES string of the molecule is CCCNCc1cc(F)ccc1N1C2CCC1CC(O)C2. The van der Waals surface area contributed by atoms with E-state index in [9.17, 15) is 9.50 Å². The molecule has 0 radical (unpaired) electrons. The average molecular weight is 292 g/mol. The maximum atomic E-state index is 13.6. The molecule has 0 aromatic heterocycles. The number of nitrogens with one attached hydrogen (secondary N) is 1. The smallest absolute Gasteiger partial charge is 0.123 e. The van der Waals surface area contributed by atoms with Crippen LogP contribution in [0.3, 0.4) is 0 Å². The fourth-order valence-corrected chi connectivity index (χ4v) is 3.89. The van der Waals surface area contributed by atoms with E-state index in [-0.39, 0.29) is 11.9 Å². The van der Waals surface area contributed by atoms with Gasteiger partial charge in [-0.3, -0.25) is 0 Å². The number of piperidine rings is 1. The number of hydrogen-bond acceptors (Lipinski definition) is 3. The number of fused-ring (bicyclic) bond motifs is 2. The molecule has 116 valence electrons. The lowest BCUT2D eigenvalue weighted by Gasteiger charge is -2.40. The van der Waals surface area contributed by atoms with Gasteiger partial charge in [-0.25, -0.2) is 4.39 Å². The number of anilines is 1. The van der Waals surface area contributed by atoms with Crippen molar-refractivity contribution in [1.82, 2.24) is 5.32 Å². The zero-order valence-corrected chi connectivity index (χ0v) is 12.7. The standard InChI is InChI=1S/C17H25FN2O/c1-2-7-19-11-12-8-13(18)3-6-17(12)20-14-4-5-15(20)10-16(21)9-14/h3,6,8,14-16,19,21H,2,4-5,7,9-11H2,1H3. The van der Waals surface area contributed by atoms with Crippen molar-refractivity contribution in [3.05, 3.63) is 29.6 Å². The first-order valence-electron chi connectivity index (χ1n) is 8.14. The fraction of sp³-hybridized carbons (Fsp3) is 0.647. The van der Waals surface area contributed by atoms with E-state index in [1.165, 1.54) is 0 Å². The number of nitrogens with zero attached hydrogens (tertiary/aromatic N) is 1. The molecule has 4 heteroatoms. The summed E-state index contributed by atoms with van der Waals surface area (Å²) in [5, 5.41) is 13.3. The zero-order chi connectivity index (χ0) is 14.8. The summed E-state index contributed by atoms with van der Waals surface area (Å²) >= 11 is 0. The van der Waals surface area contributed by atoms with Gasteiger partial charge in [-0.1, -0.05) is 6.92 Å². The molecule has 2 aliphatic heterocycles. The van der Waals surface area contributed by atoms with Crippen LogP contribution in [0, 0.1) is 5.82 Å². The van der Waals surface area contributed by atoms with E-state index in [1.807, 2.05) is 6.07 Å². The van der Waals surface area contributed by atoms with Crippen LogP contribution in [0.1, 0.15) is 44.6 Å². The molecule has 3 nitrogen and oxygen atoms in total. The third-order valence-electron chi connectivity index (χ3n) is 4.77. The molecular weight excluding hydrogens is 267 g/mol. The Balaban J connectivity index is 1.84. The highest BCUT2D eigenvalue weighted by Crippen LogP contribution is 2.40. The highest BCUT2D eigenvalue weighted by atomic mass is 19.1. The van der Waals surface area contributed by atoms with E-state index in [0.29, 0.717) is 18.6 Å². The van der Waals surface area contributed by atoms with Crippen LogP contribution in [0.15, 0.2) is 18.2 Å². The molecule has 0 aliphatic carbocycles. The van der Waals surface area contributed by atoms with Gasteiger partial charge >= 0.3 is 0 Å². The lowest BCUT2D eigenvalue weighted by Crippen LogP contribution is -2.45. The number of halogens is 1. The second-order valence-electron chi connectivity index (χ2n) is 6.37. The van der Waals surface area contributed by atoms with Crippen molar-refractivity contribution in [3.8, 4) is 0 Å². The first kappa shape index (κ1) is 14.8. The van der Waals surface area contributed by atoms with E-state index in [4.69, 9.17) is 0 Å². The van der Waals surface area contributed by atoms with Crippen LogP contribution in [0.4, 0.5) is 10.1 Å². The highest BCUT2D eigenvalue weighted by Gasteiger charge is 2.40. The van der Waals surface area contributed by atoms with Gasteiger partial charge < -0.3 is 15.3 Å². The van der Waals surface area contributed by atoms with Crippen LogP contribution in [0.2, 0.25) is 0 Å². The molecule has 2 bridgehead atoms. The van der Waals surface area contributed by atoms with E-state index in [0.717, 1.165) is 49.9 Å². The Kier molecular flexibility index (Phi) is 4.45. The maximum absolute atomic E-state index is 13.6. The predicted octanol–water partition coefficient (Wildman–Crippen LogP) is 2.82. The third-order valence-corrected chi connectivity index (χ3v) is 4.77. The van der Waals surface area contributed by atoms with Crippen LogP contribution in [-0.4, -0.2) is 29.8 Å². The first-order valence-corrected chi connectivity index (χ1v) is 8.14. The lowest BCUT2D eigenvalue weighted by molar-refractivity contribution is 0.126. The Bertz CT molecular complexity index is 480. The molecule has 2 fully saturated rings. The lowest BCUT2D eigenvalue weighted by atomic mass is 9.97. The van der Waals surface area contributed by atoms with Crippen molar-refractivity contribution < 1.29 is 9.50 Å². The molecule has 2 atom stereocenters. The van der Waals surface area contributed by atoms with Crippen molar-refractivity contribution >= 4 is 5.69 Å². The molecule has 21 heavy (non-hydrogen) atoms. The average Bonchev–Trinajstić information content (AvgIpc) is 2.72. The molecule has 0 amide bonds. The molecule has 0 spiro atoms. The third kappa shape index (κ3) is 3.06. The maximum Gasteiger partial charge on any atom is 0.123 e. The summed E-state index contributed by atoms with van der Waals surface area (Å²) in [6.07, 6.45) is 4.87. The van der Waals surface area contributed by atoms with Gasteiger partial charge in [0.1, 0.15) is 5.82 Å². The Morgan fingerprint density at radius 3 is 2.67 bits per heavy atom. The summed E-state index contributed by atoms with van der Waals surface area (Å²) < 4.78 is 13.6. The minimum Gasteiger partial charge on any atom is -0.393 e. The van der Waals surface area contributed by atoms with Crippen molar-refractivity contribution in [1.29, 1.82) is 0 Å². The van der Waals surface area contributed by atoms with E-state index in [2.05, 4.69) is 17.1 Å². The summed E-state index contributed by atoms with van der Waals surface area (Å²) in [7, 11) is 0. The van der Waals surface area contributed by atoms with Gasteiger partial charge in [0.2, 0.25) is 0 Å². The van der Waals surface area contributed by atoms with Crippen LogP contribution < -0.4 is 10.2 Å². The van der Waals surface area contributed by atoms with E-state index < -0.39 is 0 Å². The molecule has 2 N–H and O–H groups in total. The Hall–Kier alpha value is -1.13. The number of rotatable bonds is 5. The summed E-state index contributed by atoms with van der Waals surface area (Å²) in [6.45, 7) is 3.78. The summed E-state index contributed by atoms with van der Waals surface area (Å²) in [6, 6.07) is 5.95. The number of benzene rings is 1. The van der Waals surface area contributed by atoms with Gasteiger partial charge in [0.25, 0.3) is 0 Å². The van der Waals surface area contributed by atoms with Gasteiger partial charge in [-0.15, -0.1) is 0 Å². The van der Waals surface area contributed by atoms with Crippen molar-refractivity contribution in [2.45, 2.75) is 63.8 Å². The van der Waals surface area contributed by atoms with Crippen LogP contribution in [0.5, 0.6) is 0 Å². The predicted molar refractivity (Wildman–Crippen MR) is 82.9 cm³/mol. The van der Waals surface area contributed by atoms with Gasteiger partial charge in [-0.05, 0) is 62.4 Å². The minimum absolute atomic E-state index is 0.166. The number of hydrogen-bond donors (Lipinski definition) is 2. The fourth-order valence-electron chi connectivity index (χ4n) is 3.89. The monoisotopic (exact) mass is 292 g/mol. The molecule has 2 saturated heterocycles. The molecule has 0 saturated carbocycles. The second-order valence-corrected chi connectivity index (χ2v) is 6.37. The Morgan fingerprint density at radius 2 is 2.00 bits per heavy atom. The Labute approximate surface area is 126 Å². The molecular formula is C17H25FN2O. The molecule has 3 rings (SSSR count). The summed E-state index contributed by atoms with van der Waals surface area (Å²) in [5.74, 6) is -0.170. The van der Waals surface area contributed by atoms with E-state index >= 15 is 0 Å². The first-order chi connectivity index (χ1) is 10.2. The van der Waals surface area contributed by atoms with Crippen LogP contribution in [-0.2, 0) is 6.54 Å². The van der Waals surface area contributed by atoms with Gasteiger partial charge in [0.05, 0.1) is 6.10 Å². The van der Waals surface area contributed by atoms with Crippen LogP contribution >= 0.6 is 0 Å². The molecule has 2 heterocycles. The normalized spacial score (nSPS) is 28.1. The number of aliphatic hydroxyl groups is 1. The minimum atomic E-state index is -0.170.